The van der Waals surface area contributed by atoms with Crippen molar-refractivity contribution in [3.05, 3.63) is 0 Å². The van der Waals surface area contributed by atoms with Crippen LogP contribution in [0.25, 0.3) is 0 Å². The summed E-state index contributed by atoms with van der Waals surface area (Å²) < 4.78 is 14.5. The number of carbonyl (C=O) groups excluding carboxylic acids is 1. The summed E-state index contributed by atoms with van der Waals surface area (Å²) in [6, 6.07) is 0. The van der Waals surface area contributed by atoms with Crippen LogP contribution in [0.4, 0.5) is 0 Å². The zero-order valence-electron chi connectivity index (χ0n) is 6.63. The highest BCUT2D eigenvalue weighted by Crippen LogP contribution is 2.05. The van der Waals surface area contributed by atoms with Gasteiger partial charge in [-0.1, -0.05) is 0 Å². The van der Waals surface area contributed by atoms with Crippen LogP contribution in [0, 0.1) is 0 Å². The smallest absolute Gasteiger partial charge is 0.474 e. The van der Waals surface area contributed by atoms with Gasteiger partial charge in [-0.15, -0.1) is 0 Å². The molecule has 0 aromatic heterocycles. The topological polar surface area (TPSA) is 44.8 Å². The lowest BCUT2D eigenvalue weighted by Crippen LogP contribution is -2.41. The van der Waals surface area contributed by atoms with E-state index in [-0.39, 0.29) is 5.97 Å². The molecule has 0 aromatic carbocycles. The van der Waals surface area contributed by atoms with Gasteiger partial charge in [-0.05, 0) is 0 Å². The molecule has 0 aromatic rings. The van der Waals surface area contributed by atoms with Gasteiger partial charge >= 0.3 is 8.80 Å². The van der Waals surface area contributed by atoms with Crippen LogP contribution < -0.4 is 0 Å². The number of hydrogen-bond donors (Lipinski definition) is 0. The van der Waals surface area contributed by atoms with E-state index in [1.165, 1.54) is 21.1 Å². The molecule has 0 saturated heterocycles. The van der Waals surface area contributed by atoms with Crippen LogP contribution in [0.15, 0.2) is 0 Å². The van der Waals surface area contributed by atoms with Crippen molar-refractivity contribution < 1.29 is 18.1 Å². The Kier molecular flexibility index (Phi) is 3.55. The average molecular weight is 164 g/mol. The summed E-state index contributed by atoms with van der Waals surface area (Å²) in [6.07, 6.45) is 0. The lowest BCUT2D eigenvalue weighted by atomic mass is 10.9. The fourth-order valence-electron chi connectivity index (χ4n) is 0.428. The third-order valence-electron chi connectivity index (χ3n) is 1.07. The largest absolute Gasteiger partial charge is 0.564 e. The second-order valence-electron chi connectivity index (χ2n) is 1.86. The van der Waals surface area contributed by atoms with Crippen molar-refractivity contribution in [2.45, 2.75) is 13.5 Å². The fraction of sp³-hybridized carbons (Fsp3) is 0.800. The standard InChI is InChI=1S/C5H12O4Si/c1-5(6)9-10(4,7-2)8-3/h1-4H3. The second kappa shape index (κ2) is 3.70. The van der Waals surface area contributed by atoms with Crippen LogP contribution in [0.1, 0.15) is 6.92 Å². The molecule has 0 heterocycles. The maximum atomic E-state index is 10.4. The average Bonchev–Trinajstić information content (AvgIpc) is 1.87. The summed E-state index contributed by atoms with van der Waals surface area (Å²) in [5.74, 6) is -0.377. The van der Waals surface area contributed by atoms with Crippen LogP contribution in [0.5, 0.6) is 0 Å². The van der Waals surface area contributed by atoms with Gasteiger partial charge < -0.3 is 13.3 Å². The molecule has 0 rings (SSSR count). The summed E-state index contributed by atoms with van der Waals surface area (Å²) >= 11 is 0. The molecule has 0 fully saturated rings. The molecule has 10 heavy (non-hydrogen) atoms. The van der Waals surface area contributed by atoms with Gasteiger partial charge in [0.15, 0.2) is 0 Å². The summed E-state index contributed by atoms with van der Waals surface area (Å²) in [5.41, 5.74) is 0. The minimum atomic E-state index is -2.61. The molecule has 0 saturated carbocycles. The van der Waals surface area contributed by atoms with Gasteiger partial charge in [0, 0.05) is 27.7 Å². The summed E-state index contributed by atoms with van der Waals surface area (Å²) in [6.45, 7) is 2.97. The van der Waals surface area contributed by atoms with Gasteiger partial charge in [0.25, 0.3) is 5.97 Å². The maximum absolute atomic E-state index is 10.4. The van der Waals surface area contributed by atoms with Gasteiger partial charge in [0.05, 0.1) is 0 Å². The van der Waals surface area contributed by atoms with Gasteiger partial charge in [-0.3, -0.25) is 4.79 Å². The first-order chi connectivity index (χ1) is 4.54. The zero-order chi connectivity index (χ0) is 8.20. The van der Waals surface area contributed by atoms with Crippen LogP contribution >= 0.6 is 0 Å². The van der Waals surface area contributed by atoms with E-state index in [1.54, 1.807) is 6.55 Å². The van der Waals surface area contributed by atoms with Crippen molar-refractivity contribution >= 4 is 14.8 Å². The molecular weight excluding hydrogens is 152 g/mol. The van der Waals surface area contributed by atoms with E-state index >= 15 is 0 Å². The molecule has 0 aliphatic carbocycles. The van der Waals surface area contributed by atoms with Gasteiger partial charge in [0.2, 0.25) is 0 Å². The summed E-state index contributed by atoms with van der Waals surface area (Å²) in [4.78, 5) is 10.4. The number of hydrogen-bond acceptors (Lipinski definition) is 4. The zero-order valence-corrected chi connectivity index (χ0v) is 7.63. The van der Waals surface area contributed by atoms with Crippen molar-refractivity contribution in [1.82, 2.24) is 0 Å². The van der Waals surface area contributed by atoms with Gasteiger partial charge in [-0.2, -0.15) is 0 Å². The van der Waals surface area contributed by atoms with E-state index in [2.05, 4.69) is 0 Å². The minimum Gasteiger partial charge on any atom is -0.474 e. The van der Waals surface area contributed by atoms with Crippen molar-refractivity contribution in [3.8, 4) is 0 Å². The molecule has 0 aliphatic rings. The molecule has 0 atom stereocenters. The first kappa shape index (κ1) is 9.61. The molecule has 5 heteroatoms. The van der Waals surface area contributed by atoms with Gasteiger partial charge in [-0.25, -0.2) is 0 Å². The van der Waals surface area contributed by atoms with E-state index < -0.39 is 8.80 Å². The van der Waals surface area contributed by atoms with Crippen molar-refractivity contribution in [2.75, 3.05) is 14.2 Å². The molecule has 0 aliphatic heterocycles. The molecule has 60 valence electrons. The quantitative estimate of drug-likeness (QED) is 0.567. The normalized spacial score (nSPS) is 11.2. The molecule has 0 spiro atoms. The Balaban J connectivity index is 3.92. The number of carbonyl (C=O) groups is 1. The molecule has 0 unspecified atom stereocenters. The van der Waals surface area contributed by atoms with E-state index in [9.17, 15) is 4.79 Å². The predicted molar refractivity (Wildman–Crippen MR) is 37.4 cm³/mol. The van der Waals surface area contributed by atoms with Crippen molar-refractivity contribution in [1.29, 1.82) is 0 Å². The van der Waals surface area contributed by atoms with Crippen LogP contribution in [-0.4, -0.2) is 29.0 Å². The lowest BCUT2D eigenvalue weighted by molar-refractivity contribution is -0.136. The Morgan fingerprint density at radius 1 is 1.30 bits per heavy atom. The van der Waals surface area contributed by atoms with Gasteiger partial charge in [0.1, 0.15) is 0 Å². The molecule has 0 bridgehead atoms. The van der Waals surface area contributed by atoms with Crippen molar-refractivity contribution in [2.24, 2.45) is 0 Å². The molecule has 0 amide bonds. The van der Waals surface area contributed by atoms with E-state index in [0.717, 1.165) is 0 Å². The highest BCUT2D eigenvalue weighted by molar-refractivity contribution is 6.60. The third-order valence-corrected chi connectivity index (χ3v) is 3.21. The Labute approximate surface area is 61.5 Å². The summed E-state index contributed by atoms with van der Waals surface area (Å²) in [5, 5.41) is 0. The Hall–Kier alpha value is -0.393. The monoisotopic (exact) mass is 164 g/mol. The highest BCUT2D eigenvalue weighted by atomic mass is 28.4. The Morgan fingerprint density at radius 2 is 1.70 bits per heavy atom. The SMILES string of the molecule is CO[Si](C)(OC)OC(C)=O. The predicted octanol–water partition coefficient (Wildman–Crippen LogP) is 0.411. The molecule has 0 radical (unpaired) electrons. The van der Waals surface area contributed by atoms with E-state index in [1.807, 2.05) is 0 Å². The summed E-state index contributed by atoms with van der Waals surface area (Å²) in [7, 11) is 0.304. The minimum absolute atomic E-state index is 0.377. The first-order valence-electron chi connectivity index (χ1n) is 2.84. The first-order valence-corrected chi connectivity index (χ1v) is 5.06. The molecule has 0 N–H and O–H groups in total. The van der Waals surface area contributed by atoms with E-state index in [0.29, 0.717) is 0 Å². The maximum Gasteiger partial charge on any atom is 0.564 e. The fourth-order valence-corrected chi connectivity index (χ4v) is 1.28. The van der Waals surface area contributed by atoms with Crippen molar-refractivity contribution in [3.63, 3.8) is 0 Å². The third kappa shape index (κ3) is 2.95. The van der Waals surface area contributed by atoms with Crippen LogP contribution in [0.3, 0.4) is 0 Å². The Bertz CT molecular complexity index is 121. The van der Waals surface area contributed by atoms with E-state index in [4.69, 9.17) is 13.3 Å². The Morgan fingerprint density at radius 3 is 1.80 bits per heavy atom. The molecule has 4 nitrogen and oxygen atoms in total. The number of rotatable bonds is 3. The highest BCUT2D eigenvalue weighted by Gasteiger charge is 2.35. The van der Waals surface area contributed by atoms with Crippen LogP contribution in [0.2, 0.25) is 6.55 Å². The second-order valence-corrected chi connectivity index (χ2v) is 4.61. The van der Waals surface area contributed by atoms with Crippen LogP contribution in [-0.2, 0) is 18.1 Å². The molecular formula is C5H12O4Si. The lowest BCUT2D eigenvalue weighted by Gasteiger charge is -2.20.